The third kappa shape index (κ3) is 5.27. The van der Waals surface area contributed by atoms with Gasteiger partial charge in [0.1, 0.15) is 11.6 Å². The number of nitrogens with zero attached hydrogens (tertiary/aromatic N) is 3. The Kier molecular flexibility index (Phi) is 6.81. The van der Waals surface area contributed by atoms with Crippen LogP contribution in [0.25, 0.3) is 0 Å². The molecule has 0 radical (unpaired) electrons. The average Bonchev–Trinajstić information content (AvgIpc) is 2.98. The molecule has 1 amide bonds. The van der Waals surface area contributed by atoms with Gasteiger partial charge in [0.25, 0.3) is 11.5 Å². The molecule has 0 spiro atoms. The first-order valence-corrected chi connectivity index (χ1v) is 10.7. The lowest BCUT2D eigenvalue weighted by Gasteiger charge is -2.22. The van der Waals surface area contributed by atoms with Crippen molar-refractivity contribution in [2.24, 2.45) is 0 Å². The number of amides is 1. The van der Waals surface area contributed by atoms with Crippen molar-refractivity contribution in [1.82, 2.24) is 25.1 Å². The Morgan fingerprint density at radius 3 is 2.52 bits per heavy atom. The fraction of sp³-hybridized carbons (Fsp3) is 0.292. The summed E-state index contributed by atoms with van der Waals surface area (Å²) in [6.07, 6.45) is 0. The Morgan fingerprint density at radius 2 is 1.79 bits per heavy atom. The van der Waals surface area contributed by atoms with E-state index in [0.717, 1.165) is 5.56 Å². The van der Waals surface area contributed by atoms with Crippen molar-refractivity contribution in [3.63, 3.8) is 0 Å². The quantitative estimate of drug-likeness (QED) is 0.529. The van der Waals surface area contributed by atoms with Crippen LogP contribution in [0, 0.1) is 5.82 Å². The third-order valence-electron chi connectivity index (χ3n) is 5.66. The predicted molar refractivity (Wildman–Crippen MR) is 121 cm³/mol. The summed E-state index contributed by atoms with van der Waals surface area (Å²) in [7, 11) is 1.95. The van der Waals surface area contributed by atoms with Crippen molar-refractivity contribution >= 4 is 5.91 Å². The number of aromatic nitrogens is 2. The summed E-state index contributed by atoms with van der Waals surface area (Å²) in [6.45, 7) is 2.21. The first-order chi connectivity index (χ1) is 15.9. The number of aromatic hydroxyl groups is 1. The number of rotatable bonds is 6. The molecule has 1 atom stereocenters. The maximum Gasteiger partial charge on any atom is 0.296 e. The molecule has 0 saturated heterocycles. The zero-order valence-electron chi connectivity index (χ0n) is 18.3. The molecule has 8 nitrogen and oxygen atoms in total. The Bertz CT molecular complexity index is 1180. The second-order valence-corrected chi connectivity index (χ2v) is 8.11. The molecule has 2 heterocycles. The van der Waals surface area contributed by atoms with Crippen molar-refractivity contribution in [2.75, 3.05) is 20.1 Å². The van der Waals surface area contributed by atoms with E-state index in [1.165, 1.54) is 16.7 Å². The molecule has 0 saturated carbocycles. The first kappa shape index (κ1) is 22.6. The number of carbonyl (C=O) groups excluding carboxylic acids is 1. The Hall–Kier alpha value is -3.56. The minimum atomic E-state index is -0.679. The molecule has 0 fully saturated rings. The molecule has 172 valence electrons. The highest BCUT2D eigenvalue weighted by Crippen LogP contribution is 2.20. The molecule has 1 aliphatic rings. The Balaban J connectivity index is 1.60. The van der Waals surface area contributed by atoms with Gasteiger partial charge in [0, 0.05) is 32.7 Å². The van der Waals surface area contributed by atoms with E-state index in [4.69, 9.17) is 0 Å². The van der Waals surface area contributed by atoms with E-state index in [1.807, 2.05) is 37.4 Å². The molecular weight excluding hydrogens is 425 g/mol. The van der Waals surface area contributed by atoms with Gasteiger partial charge in [0.15, 0.2) is 5.69 Å². The first-order valence-electron chi connectivity index (χ1n) is 10.7. The van der Waals surface area contributed by atoms with E-state index in [0.29, 0.717) is 37.6 Å². The molecule has 3 N–H and O–H groups in total. The van der Waals surface area contributed by atoms with Crippen LogP contribution in [0.2, 0.25) is 0 Å². The zero-order chi connectivity index (χ0) is 23.4. The molecule has 3 aromatic rings. The molecule has 4 rings (SSSR count). The number of carbonyl (C=O) groups is 1. The van der Waals surface area contributed by atoms with Crippen molar-refractivity contribution in [1.29, 1.82) is 0 Å². The summed E-state index contributed by atoms with van der Waals surface area (Å²) < 4.78 is 14.5. The van der Waals surface area contributed by atoms with Gasteiger partial charge in [-0.15, -0.1) is 0 Å². The summed E-state index contributed by atoms with van der Waals surface area (Å²) in [6, 6.07) is 15.2. The lowest BCUT2D eigenvalue weighted by Crippen LogP contribution is -2.35. The molecule has 1 unspecified atom stereocenters. The summed E-state index contributed by atoms with van der Waals surface area (Å²) in [5, 5.41) is 16.5. The molecule has 0 aliphatic carbocycles. The van der Waals surface area contributed by atoms with Gasteiger partial charge in [-0.3, -0.25) is 14.2 Å². The monoisotopic (exact) mass is 451 g/mol. The second kappa shape index (κ2) is 9.93. The predicted octanol–water partition coefficient (Wildman–Crippen LogP) is 1.79. The Morgan fingerprint density at radius 1 is 1.09 bits per heavy atom. The van der Waals surface area contributed by atoms with Gasteiger partial charge in [-0.05, 0) is 30.3 Å². The van der Waals surface area contributed by atoms with Gasteiger partial charge in [0.05, 0.1) is 6.04 Å². The fourth-order valence-electron chi connectivity index (χ4n) is 3.82. The van der Waals surface area contributed by atoms with Crippen molar-refractivity contribution < 1.29 is 14.3 Å². The van der Waals surface area contributed by atoms with Crippen LogP contribution < -0.4 is 16.2 Å². The highest BCUT2D eigenvalue weighted by atomic mass is 19.1. The lowest BCUT2D eigenvalue weighted by molar-refractivity contribution is 0.0941. The minimum absolute atomic E-state index is 0.108. The standard InChI is InChI=1S/C24H26FN5O3/c1-29-11-12-30-22(19(15-29)26-13-16-5-3-2-4-6-16)28-20(21(31)24(30)33)23(32)27-14-17-7-9-18(25)10-8-17/h2-10,19,26,31H,11-15H2,1H3,(H,27,32). The van der Waals surface area contributed by atoms with E-state index in [1.54, 1.807) is 12.1 Å². The fourth-order valence-corrected chi connectivity index (χ4v) is 3.82. The number of nitrogens with one attached hydrogen (secondary N) is 2. The highest BCUT2D eigenvalue weighted by Gasteiger charge is 2.28. The molecule has 1 aromatic heterocycles. The van der Waals surface area contributed by atoms with E-state index >= 15 is 0 Å². The van der Waals surface area contributed by atoms with E-state index in [9.17, 15) is 19.1 Å². The summed E-state index contributed by atoms with van der Waals surface area (Å²) in [4.78, 5) is 32.2. The highest BCUT2D eigenvalue weighted by molar-refractivity contribution is 5.94. The number of hydrogen-bond donors (Lipinski definition) is 3. The topological polar surface area (TPSA) is 99.5 Å². The van der Waals surface area contributed by atoms with Gasteiger partial charge in [-0.1, -0.05) is 42.5 Å². The van der Waals surface area contributed by atoms with Crippen LogP contribution in [-0.4, -0.2) is 45.6 Å². The number of hydrogen-bond acceptors (Lipinski definition) is 6. The van der Waals surface area contributed by atoms with Crippen molar-refractivity contribution in [3.05, 3.63) is 93.4 Å². The molecule has 0 bridgehead atoms. The maximum atomic E-state index is 13.1. The number of halogens is 1. The van der Waals surface area contributed by atoms with Crippen LogP contribution in [0.5, 0.6) is 5.75 Å². The van der Waals surface area contributed by atoms with Crippen LogP contribution in [0.4, 0.5) is 4.39 Å². The molecular formula is C24H26FN5O3. The molecule has 33 heavy (non-hydrogen) atoms. The summed E-state index contributed by atoms with van der Waals surface area (Å²) in [5.74, 6) is -1.31. The van der Waals surface area contributed by atoms with Gasteiger partial charge in [-0.25, -0.2) is 9.37 Å². The molecule has 2 aromatic carbocycles. The third-order valence-corrected chi connectivity index (χ3v) is 5.66. The van der Waals surface area contributed by atoms with Crippen LogP contribution in [0.15, 0.2) is 59.4 Å². The zero-order valence-corrected chi connectivity index (χ0v) is 18.3. The number of likely N-dealkylation sites (N-methyl/N-ethyl adjacent to an activating group) is 1. The molecule has 1 aliphatic heterocycles. The Labute approximate surface area is 190 Å². The normalized spacial score (nSPS) is 16.1. The van der Waals surface area contributed by atoms with E-state index in [-0.39, 0.29) is 24.1 Å². The summed E-state index contributed by atoms with van der Waals surface area (Å²) >= 11 is 0. The van der Waals surface area contributed by atoms with Crippen molar-refractivity contribution in [2.45, 2.75) is 25.7 Å². The van der Waals surface area contributed by atoms with Gasteiger partial charge in [0.2, 0.25) is 5.75 Å². The van der Waals surface area contributed by atoms with Crippen LogP contribution in [-0.2, 0) is 19.6 Å². The summed E-state index contributed by atoms with van der Waals surface area (Å²) in [5.41, 5.74) is 0.798. The second-order valence-electron chi connectivity index (χ2n) is 8.11. The largest absolute Gasteiger partial charge is 0.501 e. The van der Waals surface area contributed by atoms with Crippen LogP contribution >= 0.6 is 0 Å². The average molecular weight is 452 g/mol. The number of benzene rings is 2. The van der Waals surface area contributed by atoms with Gasteiger partial charge in [-0.2, -0.15) is 0 Å². The van der Waals surface area contributed by atoms with Crippen molar-refractivity contribution in [3.8, 4) is 5.75 Å². The van der Waals surface area contributed by atoms with E-state index < -0.39 is 17.2 Å². The van der Waals surface area contributed by atoms with Crippen LogP contribution in [0.1, 0.15) is 33.5 Å². The smallest absolute Gasteiger partial charge is 0.296 e. The SMILES string of the molecule is CN1CCn2c(nc(C(=O)NCc3ccc(F)cc3)c(O)c2=O)C(NCc2ccccc2)C1. The van der Waals surface area contributed by atoms with Gasteiger partial charge < -0.3 is 20.6 Å². The van der Waals surface area contributed by atoms with E-state index in [2.05, 4.69) is 20.5 Å². The minimum Gasteiger partial charge on any atom is -0.501 e. The maximum absolute atomic E-state index is 13.1. The van der Waals surface area contributed by atoms with Crippen LogP contribution in [0.3, 0.4) is 0 Å². The van der Waals surface area contributed by atoms with Gasteiger partial charge >= 0.3 is 0 Å². The number of fused-ring (bicyclic) bond motifs is 1. The lowest BCUT2D eigenvalue weighted by atomic mass is 10.2. The molecule has 9 heteroatoms.